The van der Waals surface area contributed by atoms with E-state index in [9.17, 15) is 9.59 Å². The molecule has 0 unspecified atom stereocenters. The molecule has 1 aromatic rings. The molecule has 2 aliphatic rings. The number of anilines is 1. The van der Waals surface area contributed by atoms with Crippen molar-refractivity contribution in [3.05, 3.63) is 23.8 Å². The van der Waals surface area contributed by atoms with Crippen molar-refractivity contribution < 1.29 is 14.3 Å². The lowest BCUT2D eigenvalue weighted by Gasteiger charge is -2.31. The van der Waals surface area contributed by atoms with Crippen LogP contribution in [0.1, 0.15) is 38.2 Å². The second kappa shape index (κ2) is 7.24. The van der Waals surface area contributed by atoms with Gasteiger partial charge in [0.2, 0.25) is 5.91 Å². The predicted molar refractivity (Wildman–Crippen MR) is 93.2 cm³/mol. The van der Waals surface area contributed by atoms with Gasteiger partial charge in [-0.1, -0.05) is 13.0 Å². The standard InChI is InChI=1S/C19H26N2O3/c1-14-7-10-20(11-8-14)18(22)4-3-9-21-16-12-15(2)5-6-17(16)24-13-19(21)23/h5-6,12,14H,3-4,7-11,13H2,1-2H3. The number of amides is 2. The largest absolute Gasteiger partial charge is 0.482 e. The molecule has 2 amide bonds. The fraction of sp³-hybridized carbons (Fsp3) is 0.579. The van der Waals surface area contributed by atoms with Gasteiger partial charge in [0.15, 0.2) is 6.61 Å². The molecule has 1 fully saturated rings. The van der Waals surface area contributed by atoms with Gasteiger partial charge in [0.1, 0.15) is 5.75 Å². The van der Waals surface area contributed by atoms with Crippen molar-refractivity contribution in [3.63, 3.8) is 0 Å². The number of hydrogen-bond acceptors (Lipinski definition) is 3. The van der Waals surface area contributed by atoms with Crippen LogP contribution in [0.5, 0.6) is 5.75 Å². The third kappa shape index (κ3) is 3.71. The molecule has 130 valence electrons. The molecule has 0 saturated carbocycles. The van der Waals surface area contributed by atoms with E-state index in [1.165, 1.54) is 0 Å². The zero-order valence-corrected chi connectivity index (χ0v) is 14.6. The Hall–Kier alpha value is -2.04. The Kier molecular flexibility index (Phi) is 5.07. The summed E-state index contributed by atoms with van der Waals surface area (Å²) < 4.78 is 5.49. The van der Waals surface area contributed by atoms with E-state index in [0.717, 1.165) is 48.8 Å². The maximum absolute atomic E-state index is 12.3. The molecular weight excluding hydrogens is 304 g/mol. The van der Waals surface area contributed by atoms with Crippen LogP contribution in [0.25, 0.3) is 0 Å². The maximum atomic E-state index is 12.3. The molecule has 0 aromatic heterocycles. The van der Waals surface area contributed by atoms with E-state index in [-0.39, 0.29) is 18.4 Å². The third-order valence-corrected chi connectivity index (χ3v) is 4.97. The summed E-state index contributed by atoms with van der Waals surface area (Å²) in [6.07, 6.45) is 3.38. The number of hydrogen-bond donors (Lipinski definition) is 0. The Morgan fingerprint density at radius 1 is 1.29 bits per heavy atom. The Morgan fingerprint density at radius 2 is 2.04 bits per heavy atom. The number of fused-ring (bicyclic) bond motifs is 1. The maximum Gasteiger partial charge on any atom is 0.265 e. The summed E-state index contributed by atoms with van der Waals surface area (Å²) in [7, 11) is 0. The summed E-state index contributed by atoms with van der Waals surface area (Å²) in [4.78, 5) is 28.2. The average Bonchev–Trinajstić information content (AvgIpc) is 2.57. The molecule has 24 heavy (non-hydrogen) atoms. The normalized spacial score (nSPS) is 18.3. The van der Waals surface area contributed by atoms with Crippen molar-refractivity contribution in [2.24, 2.45) is 5.92 Å². The average molecular weight is 330 g/mol. The number of rotatable bonds is 4. The minimum Gasteiger partial charge on any atom is -0.482 e. The number of aryl methyl sites for hydroxylation is 1. The van der Waals surface area contributed by atoms with Gasteiger partial charge in [-0.3, -0.25) is 9.59 Å². The van der Waals surface area contributed by atoms with Crippen LogP contribution in [-0.4, -0.2) is 43.0 Å². The van der Waals surface area contributed by atoms with Crippen molar-refractivity contribution in [3.8, 4) is 5.75 Å². The molecule has 5 nitrogen and oxygen atoms in total. The first-order valence-electron chi connectivity index (χ1n) is 8.86. The number of nitrogens with zero attached hydrogens (tertiary/aromatic N) is 2. The van der Waals surface area contributed by atoms with Gasteiger partial charge in [0, 0.05) is 26.1 Å². The van der Waals surface area contributed by atoms with Crippen LogP contribution < -0.4 is 9.64 Å². The quantitative estimate of drug-likeness (QED) is 0.853. The highest BCUT2D eigenvalue weighted by atomic mass is 16.5. The van der Waals surface area contributed by atoms with Gasteiger partial charge < -0.3 is 14.5 Å². The first kappa shape index (κ1) is 16.8. The fourth-order valence-corrected chi connectivity index (χ4v) is 3.36. The molecule has 2 aliphatic heterocycles. The van der Waals surface area contributed by atoms with Crippen molar-refractivity contribution >= 4 is 17.5 Å². The highest BCUT2D eigenvalue weighted by Gasteiger charge is 2.26. The van der Waals surface area contributed by atoms with Gasteiger partial charge >= 0.3 is 0 Å². The zero-order chi connectivity index (χ0) is 17.1. The molecule has 0 atom stereocenters. The van der Waals surface area contributed by atoms with Crippen LogP contribution in [0.15, 0.2) is 18.2 Å². The summed E-state index contributed by atoms with van der Waals surface area (Å²) in [5.74, 6) is 1.65. The first-order chi connectivity index (χ1) is 11.5. The van der Waals surface area contributed by atoms with E-state index in [1.807, 2.05) is 30.0 Å². The van der Waals surface area contributed by atoms with Gasteiger partial charge in [0.25, 0.3) is 5.91 Å². The van der Waals surface area contributed by atoms with Crippen LogP contribution in [0, 0.1) is 12.8 Å². The number of piperidine rings is 1. The lowest BCUT2D eigenvalue weighted by atomic mass is 9.99. The first-order valence-corrected chi connectivity index (χ1v) is 8.86. The Labute approximate surface area is 143 Å². The summed E-state index contributed by atoms with van der Waals surface area (Å²) in [6, 6.07) is 5.86. The third-order valence-electron chi connectivity index (χ3n) is 4.97. The molecule has 0 radical (unpaired) electrons. The minimum atomic E-state index is -0.0349. The Balaban J connectivity index is 1.56. The van der Waals surface area contributed by atoms with Crippen LogP contribution in [0.3, 0.4) is 0 Å². The summed E-state index contributed by atoms with van der Waals surface area (Å²) in [5, 5.41) is 0. The van der Waals surface area contributed by atoms with E-state index in [2.05, 4.69) is 6.92 Å². The topological polar surface area (TPSA) is 49.9 Å². The van der Waals surface area contributed by atoms with Gasteiger partial charge in [0.05, 0.1) is 5.69 Å². The number of ether oxygens (including phenoxy) is 1. The lowest BCUT2D eigenvalue weighted by Crippen LogP contribution is -2.41. The molecular formula is C19H26N2O3. The van der Waals surface area contributed by atoms with Gasteiger partial charge in [-0.15, -0.1) is 0 Å². The molecule has 0 spiro atoms. The van der Waals surface area contributed by atoms with Crippen molar-refractivity contribution in [2.45, 2.75) is 39.5 Å². The molecule has 0 N–H and O–H groups in total. The molecule has 1 saturated heterocycles. The number of carbonyl (C=O) groups excluding carboxylic acids is 2. The number of benzene rings is 1. The van der Waals surface area contributed by atoms with Crippen LogP contribution in [0.4, 0.5) is 5.69 Å². The van der Waals surface area contributed by atoms with Crippen LogP contribution in [-0.2, 0) is 9.59 Å². The molecule has 2 heterocycles. The molecule has 1 aromatic carbocycles. The van der Waals surface area contributed by atoms with Crippen LogP contribution >= 0.6 is 0 Å². The minimum absolute atomic E-state index is 0.0349. The summed E-state index contributed by atoms with van der Waals surface area (Å²) in [6.45, 7) is 6.63. The zero-order valence-electron chi connectivity index (χ0n) is 14.6. The lowest BCUT2D eigenvalue weighted by molar-refractivity contribution is -0.132. The molecule has 0 aliphatic carbocycles. The van der Waals surface area contributed by atoms with E-state index >= 15 is 0 Å². The van der Waals surface area contributed by atoms with Crippen LogP contribution in [0.2, 0.25) is 0 Å². The number of carbonyl (C=O) groups is 2. The van der Waals surface area contributed by atoms with E-state index < -0.39 is 0 Å². The predicted octanol–water partition coefficient (Wildman–Crippen LogP) is 2.76. The van der Waals surface area contributed by atoms with Gasteiger partial charge in [-0.25, -0.2) is 0 Å². The van der Waals surface area contributed by atoms with Gasteiger partial charge in [-0.2, -0.15) is 0 Å². The molecule has 0 bridgehead atoms. The SMILES string of the molecule is Cc1ccc2c(c1)N(CCCC(=O)N1CCC(C)CC1)C(=O)CO2. The second-order valence-electron chi connectivity index (χ2n) is 6.97. The Bertz CT molecular complexity index is 621. The van der Waals surface area contributed by atoms with Crippen molar-refractivity contribution in [2.75, 3.05) is 31.1 Å². The molecule has 3 rings (SSSR count). The van der Waals surface area contributed by atoms with E-state index in [1.54, 1.807) is 4.90 Å². The van der Waals surface area contributed by atoms with E-state index in [0.29, 0.717) is 19.4 Å². The Morgan fingerprint density at radius 3 is 2.79 bits per heavy atom. The number of likely N-dealkylation sites (tertiary alicyclic amines) is 1. The highest BCUT2D eigenvalue weighted by molar-refractivity contribution is 5.98. The summed E-state index contributed by atoms with van der Waals surface area (Å²) >= 11 is 0. The van der Waals surface area contributed by atoms with Crippen molar-refractivity contribution in [1.82, 2.24) is 4.90 Å². The fourth-order valence-electron chi connectivity index (χ4n) is 3.36. The van der Waals surface area contributed by atoms with Crippen molar-refractivity contribution in [1.29, 1.82) is 0 Å². The van der Waals surface area contributed by atoms with Gasteiger partial charge in [-0.05, 0) is 49.8 Å². The van der Waals surface area contributed by atoms with E-state index in [4.69, 9.17) is 4.74 Å². The smallest absolute Gasteiger partial charge is 0.265 e. The summed E-state index contributed by atoms with van der Waals surface area (Å²) in [5.41, 5.74) is 1.92. The second-order valence-corrected chi connectivity index (χ2v) is 6.97. The molecule has 5 heteroatoms. The highest BCUT2D eigenvalue weighted by Crippen LogP contribution is 2.33. The monoisotopic (exact) mass is 330 g/mol.